The molecular formula is C18H18BrNO5. The molecule has 2 rings (SSSR count). The molecule has 2 aromatic rings. The van der Waals surface area contributed by atoms with Gasteiger partial charge in [0.1, 0.15) is 11.4 Å². The summed E-state index contributed by atoms with van der Waals surface area (Å²) >= 11 is 3.30. The van der Waals surface area contributed by atoms with Crippen LogP contribution in [0.4, 0.5) is 0 Å². The molecular weight excluding hydrogens is 390 g/mol. The molecule has 0 unspecified atom stereocenters. The van der Waals surface area contributed by atoms with E-state index in [9.17, 15) is 14.4 Å². The van der Waals surface area contributed by atoms with E-state index >= 15 is 0 Å². The zero-order valence-electron chi connectivity index (χ0n) is 14.4. The number of nitrogens with one attached hydrogen (secondary N) is 1. The van der Waals surface area contributed by atoms with Crippen LogP contribution in [-0.4, -0.2) is 36.2 Å². The van der Waals surface area contributed by atoms with E-state index < -0.39 is 12.6 Å². The second kappa shape index (κ2) is 7.65. The number of carbonyl (C=O) groups is 3. The smallest absolute Gasteiger partial charge is 0.355 e. The summed E-state index contributed by atoms with van der Waals surface area (Å²) < 4.78 is 10.8. The third-order valence-corrected chi connectivity index (χ3v) is 4.42. The average molecular weight is 408 g/mol. The molecule has 132 valence electrons. The number of hydrogen-bond acceptors (Lipinski definition) is 5. The van der Waals surface area contributed by atoms with Crippen molar-refractivity contribution in [1.82, 2.24) is 4.98 Å². The molecule has 0 amide bonds. The lowest BCUT2D eigenvalue weighted by atomic mass is 10.1. The van der Waals surface area contributed by atoms with E-state index in [1.54, 1.807) is 32.0 Å². The van der Waals surface area contributed by atoms with E-state index in [0.29, 0.717) is 32.6 Å². The quantitative estimate of drug-likeness (QED) is 0.583. The Morgan fingerprint density at radius 2 is 1.88 bits per heavy atom. The predicted octanol–water partition coefficient (Wildman–Crippen LogP) is 3.64. The highest BCUT2D eigenvalue weighted by atomic mass is 79.9. The number of aromatic nitrogens is 1. The summed E-state index contributed by atoms with van der Waals surface area (Å²) in [6.45, 7) is 4.41. The van der Waals surface area contributed by atoms with Crippen molar-refractivity contribution in [1.29, 1.82) is 0 Å². The number of benzene rings is 1. The van der Waals surface area contributed by atoms with E-state index in [-0.39, 0.29) is 17.3 Å². The molecule has 1 aromatic heterocycles. The van der Waals surface area contributed by atoms with Gasteiger partial charge in [-0.3, -0.25) is 9.59 Å². The highest BCUT2D eigenvalue weighted by Crippen LogP contribution is 2.26. The van der Waals surface area contributed by atoms with Crippen LogP contribution in [0, 0.1) is 13.8 Å². The van der Waals surface area contributed by atoms with Gasteiger partial charge in [-0.05, 0) is 60.5 Å². The number of H-pyrrole nitrogens is 1. The minimum Gasteiger partial charge on any atom is -0.496 e. The van der Waals surface area contributed by atoms with Crippen LogP contribution in [0.2, 0.25) is 0 Å². The summed E-state index contributed by atoms with van der Waals surface area (Å²) in [7, 11) is 1.53. The number of aryl methyl sites for hydroxylation is 1. The van der Waals surface area contributed by atoms with E-state index in [4.69, 9.17) is 9.47 Å². The van der Waals surface area contributed by atoms with Crippen molar-refractivity contribution in [2.75, 3.05) is 13.7 Å². The predicted molar refractivity (Wildman–Crippen MR) is 95.6 cm³/mol. The minimum absolute atomic E-state index is 0.135. The number of esters is 1. The van der Waals surface area contributed by atoms with Gasteiger partial charge in [0.2, 0.25) is 0 Å². The number of aromatic amines is 1. The van der Waals surface area contributed by atoms with Crippen molar-refractivity contribution in [3.63, 3.8) is 0 Å². The van der Waals surface area contributed by atoms with Gasteiger partial charge in [0.25, 0.3) is 0 Å². The first-order valence-corrected chi connectivity index (χ1v) is 8.29. The van der Waals surface area contributed by atoms with Crippen molar-refractivity contribution in [2.45, 2.75) is 20.8 Å². The molecule has 0 saturated carbocycles. The van der Waals surface area contributed by atoms with E-state index in [0.717, 1.165) is 0 Å². The van der Waals surface area contributed by atoms with Crippen molar-refractivity contribution in [3.8, 4) is 5.75 Å². The number of ketones is 2. The fourth-order valence-corrected chi connectivity index (χ4v) is 3.15. The Morgan fingerprint density at radius 3 is 2.40 bits per heavy atom. The van der Waals surface area contributed by atoms with Crippen molar-refractivity contribution >= 4 is 33.5 Å². The maximum Gasteiger partial charge on any atom is 0.355 e. The number of methoxy groups -OCH3 is 1. The van der Waals surface area contributed by atoms with Gasteiger partial charge in [-0.25, -0.2) is 4.79 Å². The zero-order valence-corrected chi connectivity index (χ0v) is 15.9. The van der Waals surface area contributed by atoms with Gasteiger partial charge >= 0.3 is 5.97 Å². The standard InChI is InChI=1S/C18H18BrNO5/c1-9-16(11(3)21)10(2)20-17(9)18(23)25-8-14(22)12-5-6-15(24-4)13(19)7-12/h5-7,20H,8H2,1-4H3. The summed E-state index contributed by atoms with van der Waals surface area (Å²) in [4.78, 5) is 38.9. The first-order chi connectivity index (χ1) is 11.8. The van der Waals surface area contributed by atoms with E-state index in [1.165, 1.54) is 14.0 Å². The van der Waals surface area contributed by atoms with Gasteiger partial charge < -0.3 is 14.5 Å². The van der Waals surface area contributed by atoms with Crippen molar-refractivity contribution in [2.24, 2.45) is 0 Å². The summed E-state index contributed by atoms with van der Waals surface area (Å²) in [6, 6.07) is 4.85. The van der Waals surface area contributed by atoms with Crippen LogP contribution in [0.3, 0.4) is 0 Å². The zero-order chi connectivity index (χ0) is 18.7. The molecule has 0 saturated heterocycles. The highest BCUT2D eigenvalue weighted by Gasteiger charge is 2.21. The summed E-state index contributed by atoms with van der Waals surface area (Å²) in [5.41, 5.74) is 2.17. The summed E-state index contributed by atoms with van der Waals surface area (Å²) in [5.74, 6) is -0.550. The third-order valence-electron chi connectivity index (χ3n) is 3.80. The molecule has 0 bridgehead atoms. The second-order valence-corrected chi connectivity index (χ2v) is 6.38. The van der Waals surface area contributed by atoms with Gasteiger partial charge in [-0.2, -0.15) is 0 Å². The Kier molecular flexibility index (Phi) is 5.79. The van der Waals surface area contributed by atoms with Crippen molar-refractivity contribution in [3.05, 3.63) is 50.8 Å². The lowest BCUT2D eigenvalue weighted by molar-refractivity contribution is 0.0468. The number of rotatable bonds is 6. The van der Waals surface area contributed by atoms with Gasteiger partial charge in [-0.1, -0.05) is 0 Å². The Bertz CT molecular complexity index is 853. The van der Waals surface area contributed by atoms with Crippen LogP contribution in [0.15, 0.2) is 22.7 Å². The fraction of sp³-hybridized carbons (Fsp3) is 0.278. The van der Waals surface area contributed by atoms with Crippen LogP contribution in [0.1, 0.15) is 49.4 Å². The fourth-order valence-electron chi connectivity index (χ4n) is 2.61. The second-order valence-electron chi connectivity index (χ2n) is 5.53. The molecule has 0 atom stereocenters. The Morgan fingerprint density at radius 1 is 1.20 bits per heavy atom. The third kappa shape index (κ3) is 3.99. The summed E-state index contributed by atoms with van der Waals surface area (Å²) in [5, 5.41) is 0. The largest absolute Gasteiger partial charge is 0.496 e. The molecule has 0 aliphatic rings. The van der Waals surface area contributed by atoms with E-state index in [2.05, 4.69) is 20.9 Å². The molecule has 0 aliphatic heterocycles. The molecule has 25 heavy (non-hydrogen) atoms. The maximum absolute atomic E-state index is 12.2. The molecule has 6 nitrogen and oxygen atoms in total. The molecule has 0 spiro atoms. The number of hydrogen-bond donors (Lipinski definition) is 1. The molecule has 0 fully saturated rings. The highest BCUT2D eigenvalue weighted by molar-refractivity contribution is 9.10. The lowest BCUT2D eigenvalue weighted by Crippen LogP contribution is -2.15. The van der Waals surface area contributed by atoms with Crippen LogP contribution < -0.4 is 4.74 Å². The number of halogens is 1. The SMILES string of the molecule is COc1ccc(C(=O)COC(=O)c2[nH]c(C)c(C(C)=O)c2C)cc1Br. The van der Waals surface area contributed by atoms with Crippen LogP contribution >= 0.6 is 15.9 Å². The lowest BCUT2D eigenvalue weighted by Gasteiger charge is -2.07. The Hall–Kier alpha value is -2.41. The number of ether oxygens (including phenoxy) is 2. The van der Waals surface area contributed by atoms with Gasteiger partial charge in [0.05, 0.1) is 11.6 Å². The topological polar surface area (TPSA) is 85.5 Å². The van der Waals surface area contributed by atoms with Crippen LogP contribution in [-0.2, 0) is 4.74 Å². The molecule has 0 aliphatic carbocycles. The monoisotopic (exact) mass is 407 g/mol. The maximum atomic E-state index is 12.2. The molecule has 1 heterocycles. The van der Waals surface area contributed by atoms with Crippen LogP contribution in [0.25, 0.3) is 0 Å². The first-order valence-electron chi connectivity index (χ1n) is 7.50. The Labute approximate surface area is 153 Å². The molecule has 1 N–H and O–H groups in total. The van der Waals surface area contributed by atoms with Gasteiger partial charge in [0, 0.05) is 16.8 Å². The molecule has 0 radical (unpaired) electrons. The number of Topliss-reactive ketones (excluding diaryl/α,β-unsaturated/α-hetero) is 2. The molecule has 7 heteroatoms. The summed E-state index contributed by atoms with van der Waals surface area (Å²) in [6.07, 6.45) is 0. The van der Waals surface area contributed by atoms with Crippen molar-refractivity contribution < 1.29 is 23.9 Å². The first kappa shape index (κ1) is 18.9. The number of carbonyl (C=O) groups excluding carboxylic acids is 3. The normalized spacial score (nSPS) is 10.4. The van der Waals surface area contributed by atoms with E-state index in [1.807, 2.05) is 0 Å². The average Bonchev–Trinajstić information content (AvgIpc) is 2.86. The molecule has 1 aromatic carbocycles. The minimum atomic E-state index is -0.672. The Balaban J connectivity index is 2.10. The van der Waals surface area contributed by atoms with Gasteiger partial charge in [0.15, 0.2) is 18.2 Å². The van der Waals surface area contributed by atoms with Crippen LogP contribution in [0.5, 0.6) is 5.75 Å². The van der Waals surface area contributed by atoms with Gasteiger partial charge in [-0.15, -0.1) is 0 Å².